The zero-order chi connectivity index (χ0) is 26.9. The molecule has 0 aliphatic heterocycles. The summed E-state index contributed by atoms with van der Waals surface area (Å²) in [5, 5.41) is 0. The van der Waals surface area contributed by atoms with Gasteiger partial charge in [-0.25, -0.2) is 4.79 Å². The monoisotopic (exact) mass is 509 g/mol. The molecule has 0 heterocycles. The quantitative estimate of drug-likeness (QED) is 0.0362. The number of nitrogens with zero attached hydrogens (tertiary/aromatic N) is 1. The van der Waals surface area contributed by atoms with E-state index in [0.717, 1.165) is 23.9 Å². The summed E-state index contributed by atoms with van der Waals surface area (Å²) in [4.78, 5) is 12.3. The van der Waals surface area contributed by atoms with Gasteiger partial charge in [0.25, 0.3) is 0 Å². The van der Waals surface area contributed by atoms with Gasteiger partial charge < -0.3 is 4.74 Å². The van der Waals surface area contributed by atoms with Crippen LogP contribution in [0.5, 0.6) is 0 Å². The largest absolute Gasteiger partial charge is 0.409 e. The molecule has 0 aromatic heterocycles. The minimum Gasteiger partial charge on any atom is -0.409 e. The molecule has 0 amide bonds. The van der Waals surface area contributed by atoms with Gasteiger partial charge in [-0.05, 0) is 26.2 Å². The molecule has 214 valence electrons. The van der Waals surface area contributed by atoms with Crippen molar-refractivity contribution in [2.45, 2.75) is 175 Å². The van der Waals surface area contributed by atoms with Crippen molar-refractivity contribution in [2.75, 3.05) is 20.6 Å². The number of carbonyl (C=O) groups is 1. The number of esters is 1. The molecule has 0 aliphatic rings. The van der Waals surface area contributed by atoms with Crippen LogP contribution in [0.4, 0.5) is 0 Å². The van der Waals surface area contributed by atoms with Gasteiger partial charge in [-0.3, -0.25) is 4.48 Å². The van der Waals surface area contributed by atoms with Crippen LogP contribution in [0.25, 0.3) is 0 Å². The predicted octanol–water partition coefficient (Wildman–Crippen LogP) is 10.5. The maximum absolute atomic E-state index is 12.3. The number of ether oxygens (including phenoxy) is 1. The molecule has 3 heteroatoms. The summed E-state index contributed by atoms with van der Waals surface area (Å²) < 4.78 is 6.71. The van der Waals surface area contributed by atoms with Crippen molar-refractivity contribution in [1.29, 1.82) is 0 Å². The van der Waals surface area contributed by atoms with E-state index in [4.69, 9.17) is 4.74 Å². The zero-order valence-electron chi connectivity index (χ0n) is 25.5. The second kappa shape index (κ2) is 24.5. The fraction of sp³-hybridized carbons (Fsp3) is 0.909. The third-order valence-electron chi connectivity index (χ3n) is 7.76. The van der Waals surface area contributed by atoms with E-state index in [0.29, 0.717) is 5.57 Å². The first-order chi connectivity index (χ1) is 17.3. The first-order valence-corrected chi connectivity index (χ1v) is 16.0. The third-order valence-corrected chi connectivity index (χ3v) is 7.76. The Morgan fingerprint density at radius 2 is 0.944 bits per heavy atom. The highest BCUT2D eigenvalue weighted by atomic mass is 16.6. The van der Waals surface area contributed by atoms with Crippen molar-refractivity contribution in [2.24, 2.45) is 0 Å². The van der Waals surface area contributed by atoms with Crippen LogP contribution < -0.4 is 0 Å². The number of hydrogen-bond donors (Lipinski definition) is 0. The molecule has 0 saturated carbocycles. The van der Waals surface area contributed by atoms with Gasteiger partial charge in [0.1, 0.15) is 0 Å². The van der Waals surface area contributed by atoms with Gasteiger partial charge in [-0.1, -0.05) is 142 Å². The summed E-state index contributed by atoms with van der Waals surface area (Å²) in [6, 6.07) is 0. The Morgan fingerprint density at radius 3 is 1.31 bits per heavy atom. The number of unbranched alkanes of at least 4 members (excludes halogenated alkanes) is 20. The topological polar surface area (TPSA) is 26.3 Å². The number of hydrogen-bond acceptors (Lipinski definition) is 2. The summed E-state index contributed by atoms with van der Waals surface area (Å²) in [6.07, 6.45) is 30.7. The molecule has 0 radical (unpaired) electrons. The zero-order valence-corrected chi connectivity index (χ0v) is 25.5. The SMILES string of the molecule is C=C(C)C(=O)OC(CCCCCCCCCC)[N+](C)(C)CCCCCCCCCCCCCCCC. The van der Waals surface area contributed by atoms with Crippen LogP contribution in [0.2, 0.25) is 0 Å². The van der Waals surface area contributed by atoms with Crippen molar-refractivity contribution in [3.8, 4) is 0 Å². The molecule has 0 aliphatic carbocycles. The molecule has 0 saturated heterocycles. The predicted molar refractivity (Wildman–Crippen MR) is 159 cm³/mol. The van der Waals surface area contributed by atoms with Crippen LogP contribution in [0.1, 0.15) is 168 Å². The molecule has 0 bridgehead atoms. The van der Waals surface area contributed by atoms with Crippen LogP contribution >= 0.6 is 0 Å². The van der Waals surface area contributed by atoms with E-state index in [1.165, 1.54) is 135 Å². The Hall–Kier alpha value is -0.830. The van der Waals surface area contributed by atoms with E-state index < -0.39 is 0 Å². The van der Waals surface area contributed by atoms with Gasteiger partial charge in [0, 0.05) is 12.0 Å². The first-order valence-electron chi connectivity index (χ1n) is 16.0. The Balaban J connectivity index is 4.06. The Labute approximate surface area is 227 Å². The average molecular weight is 509 g/mol. The molecule has 0 rings (SSSR count). The summed E-state index contributed by atoms with van der Waals surface area (Å²) in [5.74, 6) is -0.230. The van der Waals surface area contributed by atoms with Crippen molar-refractivity contribution < 1.29 is 14.0 Å². The van der Waals surface area contributed by atoms with Gasteiger partial charge in [0.05, 0.1) is 20.6 Å². The van der Waals surface area contributed by atoms with Crippen LogP contribution in [0.3, 0.4) is 0 Å². The van der Waals surface area contributed by atoms with E-state index >= 15 is 0 Å². The molecule has 3 nitrogen and oxygen atoms in total. The lowest BCUT2D eigenvalue weighted by Crippen LogP contribution is -2.51. The smallest absolute Gasteiger partial charge is 0.337 e. The molecule has 0 aromatic carbocycles. The fourth-order valence-corrected chi connectivity index (χ4v) is 5.09. The van der Waals surface area contributed by atoms with Crippen LogP contribution in [0, 0.1) is 0 Å². The lowest BCUT2D eigenvalue weighted by atomic mass is 10.0. The Bertz CT molecular complexity index is 514. The number of rotatable bonds is 27. The number of quaternary nitrogens is 1. The van der Waals surface area contributed by atoms with E-state index in [-0.39, 0.29) is 12.2 Å². The first kappa shape index (κ1) is 35.2. The standard InChI is InChI=1S/C33H66NO2/c1-7-9-11-13-15-17-18-19-20-21-22-24-26-28-30-34(5,6)32(36-33(35)31(3)4)29-27-25-23-16-14-12-10-8-2/h32H,3,7-30H2,1-2,4-6H3/q+1. The normalized spacial score (nSPS) is 12.6. The molecule has 1 unspecified atom stereocenters. The second-order valence-electron chi connectivity index (χ2n) is 12.0. The third kappa shape index (κ3) is 21.3. The molecule has 0 fully saturated rings. The van der Waals surface area contributed by atoms with Crippen molar-refractivity contribution in [3.05, 3.63) is 12.2 Å². The fourth-order valence-electron chi connectivity index (χ4n) is 5.09. The second-order valence-corrected chi connectivity index (χ2v) is 12.0. The molecule has 0 aromatic rings. The summed E-state index contributed by atoms with van der Waals surface area (Å²) in [5.41, 5.74) is 0.507. The van der Waals surface area contributed by atoms with Crippen molar-refractivity contribution >= 4 is 5.97 Å². The number of carbonyl (C=O) groups excluding carboxylic acids is 1. The van der Waals surface area contributed by atoms with Gasteiger partial charge in [-0.15, -0.1) is 0 Å². The highest BCUT2D eigenvalue weighted by Crippen LogP contribution is 2.21. The molecule has 0 N–H and O–H groups in total. The molecule has 0 spiro atoms. The van der Waals surface area contributed by atoms with Crippen LogP contribution in [0.15, 0.2) is 12.2 Å². The molecular formula is C33H66NO2+. The van der Waals surface area contributed by atoms with Crippen molar-refractivity contribution in [3.63, 3.8) is 0 Å². The van der Waals surface area contributed by atoms with E-state index in [1.807, 2.05) is 0 Å². The summed E-state index contributed by atoms with van der Waals surface area (Å²) >= 11 is 0. The van der Waals surface area contributed by atoms with E-state index in [1.54, 1.807) is 6.92 Å². The average Bonchev–Trinajstić information content (AvgIpc) is 2.84. The molecule has 1 atom stereocenters. The minimum absolute atomic E-state index is 0.0590. The highest BCUT2D eigenvalue weighted by molar-refractivity contribution is 5.86. The van der Waals surface area contributed by atoms with Gasteiger partial charge >= 0.3 is 5.97 Å². The molecule has 36 heavy (non-hydrogen) atoms. The lowest BCUT2D eigenvalue weighted by Gasteiger charge is -2.37. The van der Waals surface area contributed by atoms with Crippen molar-refractivity contribution in [1.82, 2.24) is 0 Å². The Morgan fingerprint density at radius 1 is 0.611 bits per heavy atom. The maximum Gasteiger partial charge on any atom is 0.337 e. The van der Waals surface area contributed by atoms with Gasteiger partial charge in [0.2, 0.25) is 6.23 Å². The Kier molecular flexibility index (Phi) is 23.9. The van der Waals surface area contributed by atoms with E-state index in [9.17, 15) is 4.79 Å². The van der Waals surface area contributed by atoms with Crippen LogP contribution in [-0.2, 0) is 9.53 Å². The summed E-state index contributed by atoms with van der Waals surface area (Å²) in [6.45, 7) is 11.2. The maximum atomic E-state index is 12.3. The highest BCUT2D eigenvalue weighted by Gasteiger charge is 2.31. The van der Waals surface area contributed by atoms with Gasteiger partial charge in [-0.2, -0.15) is 0 Å². The van der Waals surface area contributed by atoms with Gasteiger partial charge in [0.15, 0.2) is 0 Å². The minimum atomic E-state index is -0.230. The van der Waals surface area contributed by atoms with E-state index in [2.05, 4.69) is 34.5 Å². The lowest BCUT2D eigenvalue weighted by molar-refractivity contribution is -0.935. The van der Waals surface area contributed by atoms with Crippen LogP contribution in [-0.4, -0.2) is 37.3 Å². The molecular weight excluding hydrogens is 442 g/mol. The summed E-state index contributed by atoms with van der Waals surface area (Å²) in [7, 11) is 4.48.